The van der Waals surface area contributed by atoms with Crippen molar-refractivity contribution in [3.8, 4) is 5.88 Å². The Kier molecular flexibility index (Phi) is 5.20. The summed E-state index contributed by atoms with van der Waals surface area (Å²) in [5.41, 5.74) is 0. The van der Waals surface area contributed by atoms with Gasteiger partial charge in [0, 0.05) is 18.3 Å². The van der Waals surface area contributed by atoms with E-state index < -0.39 is 0 Å². The Morgan fingerprint density at radius 1 is 1.35 bits per heavy atom. The van der Waals surface area contributed by atoms with Crippen molar-refractivity contribution in [2.45, 2.75) is 41.0 Å². The van der Waals surface area contributed by atoms with Crippen molar-refractivity contribution in [1.29, 1.82) is 0 Å². The predicted octanol–water partition coefficient (Wildman–Crippen LogP) is 3.52. The zero-order valence-electron chi connectivity index (χ0n) is 15.0. The van der Waals surface area contributed by atoms with Crippen molar-refractivity contribution >= 4 is 29.0 Å². The second-order valence-electron chi connectivity index (χ2n) is 6.84. The molecule has 7 heteroatoms. The zero-order valence-corrected chi connectivity index (χ0v) is 16.6. The Morgan fingerprint density at radius 3 is 2.88 bits per heavy atom. The zero-order chi connectivity index (χ0) is 18.1. The van der Waals surface area contributed by atoms with Crippen LogP contribution in [0.15, 0.2) is 39.6 Å². The van der Waals surface area contributed by atoms with Crippen molar-refractivity contribution in [3.63, 3.8) is 0 Å². The second kappa shape index (κ2) is 7.58. The van der Waals surface area contributed by atoms with Gasteiger partial charge in [-0.25, -0.2) is 4.98 Å². The molecule has 0 radical (unpaired) electrons. The highest BCUT2D eigenvalue weighted by molar-refractivity contribution is 8.01. The first-order chi connectivity index (χ1) is 12.7. The SMILES string of the molecule is COc1ncccc1Sc1ccc(C(=O)N[C@@H]2C3CCN(CC3)[C@H]2C)s1. The Bertz CT molecular complexity index is 785. The first-order valence-corrected chi connectivity index (χ1v) is 10.6. The van der Waals surface area contributed by atoms with Crippen LogP contribution >= 0.6 is 23.1 Å². The fourth-order valence-electron chi connectivity index (χ4n) is 3.98. The summed E-state index contributed by atoms with van der Waals surface area (Å²) in [7, 11) is 1.62. The molecule has 3 aliphatic heterocycles. The topological polar surface area (TPSA) is 54.5 Å². The number of piperidine rings is 3. The lowest BCUT2D eigenvalue weighted by Crippen LogP contribution is -2.62. The van der Waals surface area contributed by atoms with E-state index in [-0.39, 0.29) is 11.9 Å². The van der Waals surface area contributed by atoms with Gasteiger partial charge in [0.2, 0.25) is 5.88 Å². The van der Waals surface area contributed by atoms with Crippen molar-refractivity contribution in [2.24, 2.45) is 5.92 Å². The van der Waals surface area contributed by atoms with Gasteiger partial charge in [-0.05, 0) is 63.0 Å². The predicted molar refractivity (Wildman–Crippen MR) is 104 cm³/mol. The number of aromatic nitrogens is 1. The largest absolute Gasteiger partial charge is 0.480 e. The number of carbonyl (C=O) groups is 1. The Balaban J connectivity index is 1.43. The maximum Gasteiger partial charge on any atom is 0.261 e. The Morgan fingerprint density at radius 2 is 2.15 bits per heavy atom. The average Bonchev–Trinajstić information content (AvgIpc) is 3.14. The summed E-state index contributed by atoms with van der Waals surface area (Å²) in [5, 5.41) is 3.30. The third-order valence-corrected chi connectivity index (χ3v) is 7.67. The summed E-state index contributed by atoms with van der Waals surface area (Å²) in [5.74, 6) is 1.27. The van der Waals surface area contributed by atoms with Gasteiger partial charge in [0.1, 0.15) is 0 Å². The van der Waals surface area contributed by atoms with Crippen LogP contribution in [0.25, 0.3) is 0 Å². The van der Waals surface area contributed by atoms with E-state index in [4.69, 9.17) is 4.74 Å². The maximum absolute atomic E-state index is 12.8. The number of fused-ring (bicyclic) bond motifs is 3. The van der Waals surface area contributed by atoms with Gasteiger partial charge < -0.3 is 10.1 Å². The van der Waals surface area contributed by atoms with Crippen molar-refractivity contribution in [2.75, 3.05) is 20.2 Å². The fourth-order valence-corrected chi connectivity index (χ4v) is 6.05. The summed E-state index contributed by atoms with van der Waals surface area (Å²) in [6.45, 7) is 4.58. The number of amides is 1. The minimum absolute atomic E-state index is 0.0469. The summed E-state index contributed by atoms with van der Waals surface area (Å²) in [6.07, 6.45) is 4.11. The Labute approximate surface area is 162 Å². The second-order valence-corrected chi connectivity index (χ2v) is 9.27. The van der Waals surface area contributed by atoms with E-state index in [1.807, 2.05) is 24.3 Å². The molecule has 3 fully saturated rings. The summed E-state index contributed by atoms with van der Waals surface area (Å²) in [4.78, 5) is 21.2. The molecule has 0 aliphatic carbocycles. The molecule has 2 aromatic rings. The van der Waals surface area contributed by atoms with Crippen LogP contribution in [0.3, 0.4) is 0 Å². The highest BCUT2D eigenvalue weighted by Gasteiger charge is 2.40. The Hall–Kier alpha value is -1.57. The van der Waals surface area contributed by atoms with E-state index in [2.05, 4.69) is 22.1 Å². The number of ether oxygens (including phenoxy) is 1. The number of carbonyl (C=O) groups excluding carboxylic acids is 1. The maximum atomic E-state index is 12.8. The van der Waals surface area contributed by atoms with E-state index in [9.17, 15) is 4.79 Å². The van der Waals surface area contributed by atoms with E-state index >= 15 is 0 Å². The van der Waals surface area contributed by atoms with Gasteiger partial charge in [0.25, 0.3) is 5.91 Å². The van der Waals surface area contributed by atoms with Crippen LogP contribution < -0.4 is 10.1 Å². The summed E-state index contributed by atoms with van der Waals surface area (Å²) < 4.78 is 6.36. The highest BCUT2D eigenvalue weighted by atomic mass is 32.2. The quantitative estimate of drug-likeness (QED) is 0.848. The van der Waals surface area contributed by atoms with Crippen LogP contribution in [0.5, 0.6) is 5.88 Å². The van der Waals surface area contributed by atoms with Crippen LogP contribution in [0.2, 0.25) is 0 Å². The summed E-state index contributed by atoms with van der Waals surface area (Å²) in [6, 6.07) is 8.47. The van der Waals surface area contributed by atoms with Gasteiger partial charge in [-0.3, -0.25) is 9.69 Å². The van der Waals surface area contributed by atoms with Crippen LogP contribution in [0.4, 0.5) is 0 Å². The van der Waals surface area contributed by atoms with E-state index in [0.717, 1.165) is 14.0 Å². The molecule has 3 aliphatic rings. The number of hydrogen-bond donors (Lipinski definition) is 1. The third kappa shape index (κ3) is 3.48. The van der Waals surface area contributed by atoms with Crippen LogP contribution in [-0.2, 0) is 0 Å². The standard InChI is InChI=1S/C19H23N3O2S2/c1-12-17(13-7-10-22(12)11-8-13)21-18(23)14-5-6-16(25-14)26-15-4-3-9-20-19(15)24-2/h3-6,9,12-13,17H,7-8,10-11H2,1-2H3,(H,21,23)/t12-,17-/m0/s1. The molecule has 1 amide bonds. The normalized spacial score (nSPS) is 27.3. The molecular weight excluding hydrogens is 366 g/mol. The fraction of sp³-hybridized carbons (Fsp3) is 0.474. The van der Waals surface area contributed by atoms with Crippen molar-refractivity contribution in [3.05, 3.63) is 35.3 Å². The van der Waals surface area contributed by atoms with Gasteiger partial charge in [0.15, 0.2) is 0 Å². The van der Waals surface area contributed by atoms with Gasteiger partial charge in [0.05, 0.1) is 21.1 Å². The molecule has 5 rings (SSSR count). The molecule has 5 heterocycles. The minimum Gasteiger partial charge on any atom is -0.480 e. The van der Waals surface area contributed by atoms with Gasteiger partial charge in [-0.15, -0.1) is 11.3 Å². The molecular formula is C19H23N3O2S2. The van der Waals surface area contributed by atoms with Gasteiger partial charge in [-0.1, -0.05) is 11.8 Å². The van der Waals surface area contributed by atoms with Crippen LogP contribution in [-0.4, -0.2) is 48.1 Å². The number of methoxy groups -OCH3 is 1. The molecule has 3 saturated heterocycles. The smallest absolute Gasteiger partial charge is 0.261 e. The lowest BCUT2D eigenvalue weighted by Gasteiger charge is -2.49. The van der Waals surface area contributed by atoms with Gasteiger partial charge in [-0.2, -0.15) is 0 Å². The van der Waals surface area contributed by atoms with Crippen LogP contribution in [0, 0.1) is 5.92 Å². The molecule has 2 aromatic heterocycles. The number of thiophene rings is 1. The van der Waals surface area contributed by atoms with Crippen LogP contribution in [0.1, 0.15) is 29.4 Å². The molecule has 0 unspecified atom stereocenters. The molecule has 138 valence electrons. The molecule has 0 spiro atoms. The molecule has 0 saturated carbocycles. The lowest BCUT2D eigenvalue weighted by molar-refractivity contribution is 0.0218. The van der Waals surface area contributed by atoms with E-state index in [1.165, 1.54) is 37.3 Å². The highest BCUT2D eigenvalue weighted by Crippen LogP contribution is 2.37. The molecule has 1 N–H and O–H groups in total. The molecule has 2 atom stereocenters. The molecule has 0 aromatic carbocycles. The number of rotatable bonds is 5. The first kappa shape index (κ1) is 17.8. The number of nitrogens with one attached hydrogen (secondary N) is 1. The number of hydrogen-bond acceptors (Lipinski definition) is 6. The van der Waals surface area contributed by atoms with Gasteiger partial charge >= 0.3 is 0 Å². The van der Waals surface area contributed by atoms with Crippen molar-refractivity contribution in [1.82, 2.24) is 15.2 Å². The van der Waals surface area contributed by atoms with Crippen molar-refractivity contribution < 1.29 is 9.53 Å². The van der Waals surface area contributed by atoms with E-state index in [0.29, 0.717) is 17.8 Å². The monoisotopic (exact) mass is 389 g/mol. The molecule has 26 heavy (non-hydrogen) atoms. The molecule has 5 nitrogen and oxygen atoms in total. The van der Waals surface area contributed by atoms with E-state index in [1.54, 1.807) is 25.1 Å². The molecule has 2 bridgehead atoms. The third-order valence-electron chi connectivity index (χ3n) is 5.42. The lowest BCUT2D eigenvalue weighted by atomic mass is 9.79. The summed E-state index contributed by atoms with van der Waals surface area (Å²) >= 11 is 3.10. The number of nitrogens with zero attached hydrogens (tertiary/aromatic N) is 2. The first-order valence-electron chi connectivity index (χ1n) is 8.97. The average molecular weight is 390 g/mol. The minimum atomic E-state index is 0.0469. The number of pyridine rings is 1.